The van der Waals surface area contributed by atoms with E-state index < -0.39 is 11.8 Å². The fourth-order valence-electron chi connectivity index (χ4n) is 4.27. The summed E-state index contributed by atoms with van der Waals surface area (Å²) >= 11 is 0. The summed E-state index contributed by atoms with van der Waals surface area (Å²) in [5.74, 6) is 0.602. The first kappa shape index (κ1) is 24.8. The van der Waals surface area contributed by atoms with Crippen LogP contribution in [0.25, 0.3) is 0 Å². The number of hydrogen-bond donors (Lipinski definition) is 2. The van der Waals surface area contributed by atoms with Crippen molar-refractivity contribution in [3.63, 3.8) is 0 Å². The maximum atomic E-state index is 13.2. The average molecular weight is 458 g/mol. The molecule has 33 heavy (non-hydrogen) atoms. The maximum absolute atomic E-state index is 13.2. The van der Waals surface area contributed by atoms with Crippen molar-refractivity contribution in [3.8, 4) is 5.75 Å². The lowest BCUT2D eigenvalue weighted by Gasteiger charge is -2.34. The number of amides is 2. The number of piperidine rings is 1. The van der Waals surface area contributed by atoms with E-state index in [1.54, 1.807) is 11.7 Å². The highest BCUT2D eigenvalue weighted by atomic mass is 16.5. The molecule has 0 bridgehead atoms. The summed E-state index contributed by atoms with van der Waals surface area (Å²) in [6, 6.07) is 7.95. The van der Waals surface area contributed by atoms with E-state index in [0.717, 1.165) is 55.7 Å². The number of rotatable bonds is 10. The number of likely N-dealkylation sites (tertiary alicyclic amines) is 1. The first-order valence-electron chi connectivity index (χ1n) is 11.9. The number of carbonyl (C=O) groups is 2. The van der Waals surface area contributed by atoms with Gasteiger partial charge in [0.15, 0.2) is 5.90 Å². The Labute approximate surface area is 195 Å². The van der Waals surface area contributed by atoms with Gasteiger partial charge in [0.1, 0.15) is 11.9 Å². The highest BCUT2D eigenvalue weighted by Gasteiger charge is 2.30. The van der Waals surface area contributed by atoms with E-state index in [1.165, 1.54) is 0 Å². The number of aryl methyl sites for hydroxylation is 1. The number of ether oxygens (including phenoxy) is 2. The summed E-state index contributed by atoms with van der Waals surface area (Å²) in [5, 5.41) is 8.97. The normalized spacial score (nSPS) is 17.3. The van der Waals surface area contributed by atoms with Crippen molar-refractivity contribution in [2.24, 2.45) is 10.9 Å². The van der Waals surface area contributed by atoms with Gasteiger partial charge in [-0.15, -0.1) is 0 Å². The Morgan fingerprint density at radius 1 is 1.24 bits per heavy atom. The van der Waals surface area contributed by atoms with Gasteiger partial charge in [-0.2, -0.15) is 0 Å². The molecule has 2 aliphatic rings. The van der Waals surface area contributed by atoms with Crippen LogP contribution in [0.3, 0.4) is 0 Å². The maximum Gasteiger partial charge on any atom is 0.244 e. The Balaban J connectivity index is 1.49. The van der Waals surface area contributed by atoms with Crippen molar-refractivity contribution in [1.82, 2.24) is 10.4 Å². The number of hydrogen-bond acceptors (Lipinski definition) is 6. The highest BCUT2D eigenvalue weighted by molar-refractivity contribution is 5.85. The molecular weight excluding hydrogens is 422 g/mol. The second-order valence-electron chi connectivity index (χ2n) is 8.49. The Bertz CT molecular complexity index is 829. The standard InChI is InChI=1S/C25H35N3O5/c1-2-32-21-11-9-19(10-12-21)6-5-7-20(18-23(29)27-31)25(30)28-16-13-22(14-17-28)33-24-8-3-4-15-26-24/h4,9-12,15,20,22,31H,2-3,5-8,13-14,16-18H2,1H3,(H,27,29)/t20-/m1/s1. The first-order chi connectivity index (χ1) is 16.1. The number of benzene rings is 1. The monoisotopic (exact) mass is 457 g/mol. The number of nitrogens with zero attached hydrogens (tertiary/aromatic N) is 2. The van der Waals surface area contributed by atoms with Crippen molar-refractivity contribution in [2.45, 2.75) is 64.4 Å². The summed E-state index contributed by atoms with van der Waals surface area (Å²) in [6.07, 6.45) is 9.28. The van der Waals surface area contributed by atoms with Gasteiger partial charge in [0.05, 0.1) is 6.61 Å². The molecule has 0 aliphatic carbocycles. The SMILES string of the molecule is CCOc1ccc(CCC[C@H](CC(=O)NO)C(=O)N2CCC(OC3=NC=CCC3)CC2)cc1. The van der Waals surface area contributed by atoms with E-state index in [2.05, 4.69) is 4.99 Å². The molecule has 180 valence electrons. The number of hydroxylamine groups is 1. The van der Waals surface area contributed by atoms with Gasteiger partial charge in [-0.3, -0.25) is 14.8 Å². The van der Waals surface area contributed by atoms with Crippen molar-refractivity contribution < 1.29 is 24.3 Å². The van der Waals surface area contributed by atoms with Crippen LogP contribution in [0.1, 0.15) is 57.4 Å². The van der Waals surface area contributed by atoms with Crippen molar-refractivity contribution in [1.29, 1.82) is 0 Å². The lowest BCUT2D eigenvalue weighted by molar-refractivity contribution is -0.142. The lowest BCUT2D eigenvalue weighted by Crippen LogP contribution is -2.45. The van der Waals surface area contributed by atoms with Gasteiger partial charge in [0, 0.05) is 50.9 Å². The molecule has 1 atom stereocenters. The molecule has 8 nitrogen and oxygen atoms in total. The van der Waals surface area contributed by atoms with Crippen molar-refractivity contribution >= 4 is 17.7 Å². The minimum atomic E-state index is -0.531. The third-order valence-electron chi connectivity index (χ3n) is 6.06. The lowest BCUT2D eigenvalue weighted by atomic mass is 9.93. The molecule has 2 aliphatic heterocycles. The van der Waals surface area contributed by atoms with Crippen LogP contribution in [0.5, 0.6) is 5.75 Å². The third-order valence-corrected chi connectivity index (χ3v) is 6.06. The molecule has 1 saturated heterocycles. The summed E-state index contributed by atoms with van der Waals surface area (Å²) in [6.45, 7) is 3.78. The molecule has 3 rings (SSSR count). The second kappa shape index (κ2) is 13.0. The van der Waals surface area contributed by atoms with Gasteiger partial charge >= 0.3 is 0 Å². The van der Waals surface area contributed by atoms with Gasteiger partial charge in [-0.25, -0.2) is 10.5 Å². The molecule has 0 unspecified atom stereocenters. The molecular formula is C25H35N3O5. The molecule has 1 fully saturated rings. The zero-order valence-corrected chi connectivity index (χ0v) is 19.4. The largest absolute Gasteiger partial charge is 0.494 e. The smallest absolute Gasteiger partial charge is 0.244 e. The molecule has 0 radical (unpaired) electrons. The molecule has 0 aromatic heterocycles. The van der Waals surface area contributed by atoms with Crippen LogP contribution in [0.4, 0.5) is 0 Å². The topological polar surface area (TPSA) is 100 Å². The Hall–Kier alpha value is -2.87. The minimum Gasteiger partial charge on any atom is -0.494 e. The highest BCUT2D eigenvalue weighted by Crippen LogP contribution is 2.23. The van der Waals surface area contributed by atoms with Gasteiger partial charge in [0.2, 0.25) is 11.8 Å². The summed E-state index contributed by atoms with van der Waals surface area (Å²) in [4.78, 5) is 31.1. The molecule has 2 amide bonds. The van der Waals surface area contributed by atoms with Gasteiger partial charge in [-0.05, 0) is 50.3 Å². The zero-order valence-electron chi connectivity index (χ0n) is 19.4. The molecule has 1 aromatic rings. The van der Waals surface area contributed by atoms with Gasteiger partial charge < -0.3 is 14.4 Å². The van der Waals surface area contributed by atoms with Crippen LogP contribution in [-0.2, 0) is 20.7 Å². The van der Waals surface area contributed by atoms with E-state index in [9.17, 15) is 9.59 Å². The number of carbonyl (C=O) groups excluding carboxylic acids is 2. The van der Waals surface area contributed by atoms with Crippen molar-refractivity contribution in [3.05, 3.63) is 42.1 Å². The minimum absolute atomic E-state index is 0.0157. The molecule has 8 heteroatoms. The Morgan fingerprint density at radius 3 is 2.64 bits per heavy atom. The van der Waals surface area contributed by atoms with E-state index in [0.29, 0.717) is 26.1 Å². The fourth-order valence-corrected chi connectivity index (χ4v) is 4.27. The van der Waals surface area contributed by atoms with Crippen LogP contribution >= 0.6 is 0 Å². The first-order valence-corrected chi connectivity index (χ1v) is 11.9. The number of allylic oxidation sites excluding steroid dienone is 1. The van der Waals surface area contributed by atoms with E-state index in [-0.39, 0.29) is 18.4 Å². The predicted molar refractivity (Wildman–Crippen MR) is 125 cm³/mol. The van der Waals surface area contributed by atoms with E-state index in [4.69, 9.17) is 14.7 Å². The zero-order chi connectivity index (χ0) is 23.5. The summed E-state index contributed by atoms with van der Waals surface area (Å²) in [5.41, 5.74) is 2.83. The molecule has 0 saturated carbocycles. The molecule has 0 spiro atoms. The van der Waals surface area contributed by atoms with Gasteiger partial charge in [0.25, 0.3) is 0 Å². The number of nitrogens with one attached hydrogen (secondary N) is 1. The third kappa shape index (κ3) is 7.89. The Morgan fingerprint density at radius 2 is 2.00 bits per heavy atom. The average Bonchev–Trinajstić information content (AvgIpc) is 2.85. The van der Waals surface area contributed by atoms with Crippen molar-refractivity contribution in [2.75, 3.05) is 19.7 Å². The van der Waals surface area contributed by atoms with Crippen LogP contribution in [0, 0.1) is 5.92 Å². The number of aliphatic imine (C=N–C) groups is 1. The second-order valence-corrected chi connectivity index (χ2v) is 8.49. The fraction of sp³-hybridized carbons (Fsp3) is 0.560. The predicted octanol–water partition coefficient (Wildman–Crippen LogP) is 3.63. The van der Waals surface area contributed by atoms with E-state index in [1.807, 2.05) is 42.2 Å². The van der Waals surface area contributed by atoms with Crippen LogP contribution < -0.4 is 10.2 Å². The Kier molecular flexibility index (Phi) is 9.75. The van der Waals surface area contributed by atoms with Crippen LogP contribution in [0.15, 0.2) is 41.5 Å². The molecule has 2 heterocycles. The molecule has 2 N–H and O–H groups in total. The van der Waals surface area contributed by atoms with Gasteiger partial charge in [-0.1, -0.05) is 18.2 Å². The summed E-state index contributed by atoms with van der Waals surface area (Å²) < 4.78 is 11.5. The summed E-state index contributed by atoms with van der Waals surface area (Å²) in [7, 11) is 0. The van der Waals surface area contributed by atoms with E-state index >= 15 is 0 Å². The molecule has 1 aromatic carbocycles. The van der Waals surface area contributed by atoms with Crippen LogP contribution in [-0.4, -0.2) is 53.6 Å². The van der Waals surface area contributed by atoms with Crippen LogP contribution in [0.2, 0.25) is 0 Å². The quantitative estimate of drug-likeness (QED) is 0.413.